The Balaban J connectivity index is 1.78. The van der Waals surface area contributed by atoms with Gasteiger partial charge in [-0.05, 0) is 60.2 Å². The second kappa shape index (κ2) is 11.9. The number of carbonyl (C=O) groups excluding carboxylic acids is 2. The minimum absolute atomic E-state index is 0.0969. The fraction of sp³-hybridized carbons (Fsp3) is 0.154. The van der Waals surface area contributed by atoms with Gasteiger partial charge in [0.25, 0.3) is 0 Å². The minimum atomic E-state index is -0.812. The molecule has 35 heavy (non-hydrogen) atoms. The van der Waals surface area contributed by atoms with Crippen molar-refractivity contribution in [3.63, 3.8) is 0 Å². The Morgan fingerprint density at radius 3 is 2.43 bits per heavy atom. The summed E-state index contributed by atoms with van der Waals surface area (Å²) in [5, 5.41) is 15.6. The lowest BCUT2D eigenvalue weighted by atomic mass is 9.96. The average molecular weight is 540 g/mol. The molecular formula is C26H26BrN3O5. The number of methoxy groups -OCH3 is 1. The van der Waals surface area contributed by atoms with Gasteiger partial charge in [0.05, 0.1) is 18.5 Å². The molecule has 2 amide bonds. The molecule has 8 nitrogen and oxygen atoms in total. The molecule has 5 N–H and O–H groups in total. The highest BCUT2D eigenvalue weighted by atomic mass is 79.9. The summed E-state index contributed by atoms with van der Waals surface area (Å²) in [5.74, 6) is -0.627. The number of halogens is 1. The summed E-state index contributed by atoms with van der Waals surface area (Å²) in [7, 11) is 1.44. The minimum Gasteiger partial charge on any atom is -0.504 e. The van der Waals surface area contributed by atoms with Gasteiger partial charge < -0.3 is 25.6 Å². The molecule has 0 unspecified atom stereocenters. The second-order valence-corrected chi connectivity index (χ2v) is 8.60. The number of phenolic OH excluding ortho intramolecular Hbond substituents is 1. The molecule has 2 atom stereocenters. The normalized spacial score (nSPS) is 12.5. The quantitative estimate of drug-likeness (QED) is 0.210. The first-order valence-electron chi connectivity index (χ1n) is 10.7. The maximum Gasteiger partial charge on any atom is 0.412 e. The summed E-state index contributed by atoms with van der Waals surface area (Å²) in [4.78, 5) is 25.1. The Bertz CT molecular complexity index is 1210. The Kier molecular flexibility index (Phi) is 8.74. The molecule has 3 aromatic rings. The van der Waals surface area contributed by atoms with Crippen LogP contribution in [0.1, 0.15) is 18.6 Å². The highest BCUT2D eigenvalue weighted by molar-refractivity contribution is 9.10. The predicted molar refractivity (Wildman–Crippen MR) is 139 cm³/mol. The highest BCUT2D eigenvalue weighted by Gasteiger charge is 2.24. The van der Waals surface area contributed by atoms with Crippen molar-refractivity contribution in [1.29, 1.82) is 0 Å². The number of nitrogens with one attached hydrogen (secondary N) is 2. The number of phenols is 1. The fourth-order valence-electron chi connectivity index (χ4n) is 3.28. The average Bonchev–Trinajstić information content (AvgIpc) is 2.84. The third-order valence-electron chi connectivity index (χ3n) is 5.10. The van der Waals surface area contributed by atoms with Gasteiger partial charge in [-0.1, -0.05) is 47.1 Å². The summed E-state index contributed by atoms with van der Waals surface area (Å²) in [6, 6.07) is 18.7. The lowest BCUT2D eigenvalue weighted by molar-refractivity contribution is -0.111. The van der Waals surface area contributed by atoms with Gasteiger partial charge in [-0.3, -0.25) is 10.1 Å². The highest BCUT2D eigenvalue weighted by Crippen LogP contribution is 2.34. The molecule has 3 aromatic carbocycles. The van der Waals surface area contributed by atoms with E-state index in [2.05, 4.69) is 26.6 Å². The Morgan fingerprint density at radius 1 is 1.06 bits per heavy atom. The van der Waals surface area contributed by atoms with Gasteiger partial charge in [-0.25, -0.2) is 4.79 Å². The third-order valence-corrected chi connectivity index (χ3v) is 5.63. The first kappa shape index (κ1) is 25.6. The van der Waals surface area contributed by atoms with Crippen LogP contribution in [-0.4, -0.2) is 24.2 Å². The molecule has 182 valence electrons. The SMILES string of the molecule is COc1ccc([C@H](OC(=O)Nc2ccc(Br)cc2)[C@H](C)/C=C/C(=O)Nc2ccccc2N)cc1O. The van der Waals surface area contributed by atoms with E-state index in [1.807, 2.05) is 0 Å². The molecule has 9 heteroatoms. The summed E-state index contributed by atoms with van der Waals surface area (Å²) in [5.41, 5.74) is 7.90. The third kappa shape index (κ3) is 7.25. The number of ether oxygens (including phenoxy) is 2. The molecule has 0 heterocycles. The number of aromatic hydroxyl groups is 1. The number of rotatable bonds is 8. The number of nitrogen functional groups attached to an aromatic ring is 1. The van der Waals surface area contributed by atoms with Crippen molar-refractivity contribution in [1.82, 2.24) is 0 Å². The van der Waals surface area contributed by atoms with Crippen molar-refractivity contribution < 1.29 is 24.2 Å². The molecular weight excluding hydrogens is 514 g/mol. The van der Waals surface area contributed by atoms with E-state index >= 15 is 0 Å². The predicted octanol–water partition coefficient (Wildman–Crippen LogP) is 5.87. The smallest absolute Gasteiger partial charge is 0.412 e. The van der Waals surface area contributed by atoms with Crippen LogP contribution in [0.4, 0.5) is 21.9 Å². The molecule has 3 rings (SSSR count). The maximum atomic E-state index is 12.7. The van der Waals surface area contributed by atoms with Crippen LogP contribution in [0.2, 0.25) is 0 Å². The molecule has 0 fully saturated rings. The molecule has 0 aliphatic heterocycles. The van der Waals surface area contributed by atoms with Crippen molar-refractivity contribution >= 4 is 45.0 Å². The van der Waals surface area contributed by atoms with Gasteiger partial charge in [0.2, 0.25) is 5.91 Å². The Labute approximate surface area is 211 Å². The number of amides is 2. The molecule has 0 aliphatic rings. The van der Waals surface area contributed by atoms with Crippen molar-refractivity contribution in [2.45, 2.75) is 13.0 Å². The Hall–Kier alpha value is -3.98. The van der Waals surface area contributed by atoms with Crippen LogP contribution in [0.15, 0.2) is 83.4 Å². The van der Waals surface area contributed by atoms with Crippen LogP contribution in [0.5, 0.6) is 11.5 Å². The van der Waals surface area contributed by atoms with Crippen LogP contribution >= 0.6 is 15.9 Å². The molecule has 0 spiro atoms. The van der Waals surface area contributed by atoms with Gasteiger partial charge in [0.15, 0.2) is 11.5 Å². The monoisotopic (exact) mass is 539 g/mol. The van der Waals surface area contributed by atoms with Gasteiger partial charge in [0, 0.05) is 16.1 Å². The molecule has 0 radical (unpaired) electrons. The molecule has 0 aliphatic carbocycles. The number of hydrogen-bond donors (Lipinski definition) is 4. The van der Waals surface area contributed by atoms with Crippen LogP contribution in [0.3, 0.4) is 0 Å². The molecule has 0 saturated carbocycles. The zero-order valence-corrected chi connectivity index (χ0v) is 20.8. The summed E-state index contributed by atoms with van der Waals surface area (Å²) >= 11 is 3.35. The summed E-state index contributed by atoms with van der Waals surface area (Å²) in [6.45, 7) is 1.79. The summed E-state index contributed by atoms with van der Waals surface area (Å²) < 4.78 is 11.7. The first-order chi connectivity index (χ1) is 16.8. The zero-order valence-electron chi connectivity index (χ0n) is 19.2. The van der Waals surface area contributed by atoms with Crippen molar-refractivity contribution in [2.24, 2.45) is 5.92 Å². The topological polar surface area (TPSA) is 123 Å². The van der Waals surface area contributed by atoms with E-state index in [0.29, 0.717) is 22.6 Å². The molecule has 0 aromatic heterocycles. The van der Waals surface area contributed by atoms with E-state index in [1.165, 1.54) is 19.3 Å². The number of nitrogens with two attached hydrogens (primary N) is 1. The van der Waals surface area contributed by atoms with Crippen molar-refractivity contribution in [2.75, 3.05) is 23.5 Å². The number of carbonyl (C=O) groups is 2. The van der Waals surface area contributed by atoms with Crippen LogP contribution in [0.25, 0.3) is 0 Å². The van der Waals surface area contributed by atoms with E-state index in [1.54, 1.807) is 73.7 Å². The Morgan fingerprint density at radius 2 is 1.77 bits per heavy atom. The van der Waals surface area contributed by atoms with E-state index in [0.717, 1.165) is 4.47 Å². The first-order valence-corrected chi connectivity index (χ1v) is 11.5. The van der Waals surface area contributed by atoms with Gasteiger partial charge in [-0.2, -0.15) is 0 Å². The van der Waals surface area contributed by atoms with E-state index in [9.17, 15) is 14.7 Å². The molecule has 0 bridgehead atoms. The molecule has 0 saturated heterocycles. The zero-order chi connectivity index (χ0) is 25.4. The number of para-hydroxylation sites is 2. The van der Waals surface area contributed by atoms with Crippen LogP contribution < -0.4 is 21.1 Å². The lowest BCUT2D eigenvalue weighted by Gasteiger charge is -2.23. The van der Waals surface area contributed by atoms with Gasteiger partial charge >= 0.3 is 6.09 Å². The number of benzene rings is 3. The lowest BCUT2D eigenvalue weighted by Crippen LogP contribution is -2.21. The number of hydrogen-bond acceptors (Lipinski definition) is 6. The summed E-state index contributed by atoms with van der Waals surface area (Å²) in [6.07, 6.45) is 1.47. The van der Waals surface area contributed by atoms with Crippen LogP contribution in [-0.2, 0) is 9.53 Å². The van der Waals surface area contributed by atoms with Crippen LogP contribution in [0, 0.1) is 5.92 Å². The van der Waals surface area contributed by atoms with Gasteiger partial charge in [0.1, 0.15) is 6.10 Å². The second-order valence-electron chi connectivity index (χ2n) is 7.68. The van der Waals surface area contributed by atoms with Crippen molar-refractivity contribution in [3.05, 3.63) is 88.9 Å². The standard InChI is InChI=1S/C26H26BrN3O5/c1-16(7-14-24(32)30-21-6-4-3-5-20(21)28)25(17-8-13-23(34-2)22(31)15-17)35-26(33)29-19-11-9-18(27)10-12-19/h3-16,25,31H,28H2,1-2H3,(H,29,33)(H,30,32)/b14-7+/t16-,25-/m1/s1. The maximum absolute atomic E-state index is 12.7. The van der Waals surface area contributed by atoms with E-state index < -0.39 is 18.1 Å². The fourth-order valence-corrected chi connectivity index (χ4v) is 3.55. The van der Waals surface area contributed by atoms with Crippen molar-refractivity contribution in [3.8, 4) is 11.5 Å². The largest absolute Gasteiger partial charge is 0.504 e. The number of anilines is 3. The van der Waals surface area contributed by atoms with E-state index in [4.69, 9.17) is 15.2 Å². The van der Waals surface area contributed by atoms with Gasteiger partial charge in [-0.15, -0.1) is 0 Å². The van der Waals surface area contributed by atoms with E-state index in [-0.39, 0.29) is 17.4 Å².